The van der Waals surface area contributed by atoms with Crippen LogP contribution < -0.4 is 0 Å². The van der Waals surface area contributed by atoms with Gasteiger partial charge in [0.1, 0.15) is 11.9 Å². The molecule has 6 nitrogen and oxygen atoms in total. The molecule has 2 rings (SSSR count). The maximum Gasteiger partial charge on any atom is 0.375 e. The summed E-state index contributed by atoms with van der Waals surface area (Å²) in [6.45, 7) is 1.63. The van der Waals surface area contributed by atoms with E-state index in [1.165, 1.54) is 4.68 Å². The van der Waals surface area contributed by atoms with Crippen LogP contribution in [-0.2, 0) is 0 Å². The fourth-order valence-electron chi connectivity index (χ4n) is 1.48. The molecule has 1 N–H and O–H groups in total. The number of rotatable bonds is 2. The summed E-state index contributed by atoms with van der Waals surface area (Å²) in [6, 6.07) is 7.07. The Morgan fingerprint density at radius 1 is 1.56 bits per heavy atom. The molecule has 0 aliphatic heterocycles. The number of hydrogen-bond acceptors (Lipinski definition) is 4. The van der Waals surface area contributed by atoms with Gasteiger partial charge in [-0.05, 0) is 25.1 Å². The van der Waals surface area contributed by atoms with E-state index in [0.717, 1.165) is 4.47 Å². The second-order valence-electron chi connectivity index (χ2n) is 3.47. The maximum absolute atomic E-state index is 10.8. The van der Waals surface area contributed by atoms with Crippen LogP contribution in [0.4, 0.5) is 0 Å². The molecule has 7 heteroatoms. The molecule has 0 spiro atoms. The number of aromatic nitrogens is 3. The van der Waals surface area contributed by atoms with E-state index in [9.17, 15) is 4.79 Å². The van der Waals surface area contributed by atoms with Crippen molar-refractivity contribution in [2.24, 2.45) is 0 Å². The highest BCUT2D eigenvalue weighted by atomic mass is 79.9. The third-order valence-corrected chi connectivity index (χ3v) is 2.76. The van der Waals surface area contributed by atoms with Crippen LogP contribution >= 0.6 is 15.9 Å². The Bertz CT molecular complexity index is 672. The zero-order valence-corrected chi connectivity index (χ0v) is 10.8. The van der Waals surface area contributed by atoms with Crippen molar-refractivity contribution < 1.29 is 9.90 Å². The van der Waals surface area contributed by atoms with E-state index in [0.29, 0.717) is 17.1 Å². The van der Waals surface area contributed by atoms with Crippen molar-refractivity contribution in [2.75, 3.05) is 0 Å². The number of halogens is 1. The SMILES string of the molecule is Cc1nc(C(=O)O)nn1-c1cc(Br)ccc1C#N. The number of nitriles is 1. The van der Waals surface area contributed by atoms with E-state index in [-0.39, 0.29) is 5.82 Å². The Morgan fingerprint density at radius 3 is 2.83 bits per heavy atom. The first-order valence-electron chi connectivity index (χ1n) is 4.90. The first kappa shape index (κ1) is 12.3. The molecule has 1 heterocycles. The van der Waals surface area contributed by atoms with E-state index in [1.807, 2.05) is 6.07 Å². The summed E-state index contributed by atoms with van der Waals surface area (Å²) < 4.78 is 2.11. The third kappa shape index (κ3) is 2.10. The molecule has 0 amide bonds. The summed E-state index contributed by atoms with van der Waals surface area (Å²) in [5.41, 5.74) is 0.882. The van der Waals surface area contributed by atoms with Crippen LogP contribution in [-0.4, -0.2) is 25.8 Å². The molecular weight excluding hydrogens is 300 g/mol. The van der Waals surface area contributed by atoms with Crippen LogP contribution in [0.5, 0.6) is 0 Å². The molecule has 0 unspecified atom stereocenters. The predicted octanol–water partition coefficient (Wildman–Crippen LogP) is 1.91. The molecule has 0 fully saturated rings. The predicted molar refractivity (Wildman–Crippen MR) is 65.5 cm³/mol. The van der Waals surface area contributed by atoms with Crippen molar-refractivity contribution in [3.63, 3.8) is 0 Å². The monoisotopic (exact) mass is 306 g/mol. The molecule has 0 atom stereocenters. The summed E-state index contributed by atoms with van der Waals surface area (Å²) in [7, 11) is 0. The number of aryl methyl sites for hydroxylation is 1. The number of carboxylic acids is 1. The molecule has 0 radical (unpaired) electrons. The smallest absolute Gasteiger partial charge is 0.375 e. The normalized spacial score (nSPS) is 10.1. The van der Waals surface area contributed by atoms with Crippen LogP contribution in [0.25, 0.3) is 5.69 Å². The number of aromatic carboxylic acids is 1. The van der Waals surface area contributed by atoms with Gasteiger partial charge < -0.3 is 5.11 Å². The van der Waals surface area contributed by atoms with Gasteiger partial charge in [-0.1, -0.05) is 15.9 Å². The quantitative estimate of drug-likeness (QED) is 0.915. The van der Waals surface area contributed by atoms with E-state index < -0.39 is 5.97 Å². The largest absolute Gasteiger partial charge is 0.475 e. The highest BCUT2D eigenvalue weighted by Crippen LogP contribution is 2.20. The van der Waals surface area contributed by atoms with Crippen molar-refractivity contribution >= 4 is 21.9 Å². The highest BCUT2D eigenvalue weighted by Gasteiger charge is 2.16. The number of nitrogens with zero attached hydrogens (tertiary/aromatic N) is 4. The summed E-state index contributed by atoms with van der Waals surface area (Å²) in [5, 5.41) is 21.7. The lowest BCUT2D eigenvalue weighted by Crippen LogP contribution is -2.04. The van der Waals surface area contributed by atoms with Crippen LogP contribution in [0.1, 0.15) is 22.0 Å². The maximum atomic E-state index is 10.8. The minimum absolute atomic E-state index is 0.295. The molecule has 90 valence electrons. The van der Waals surface area contributed by atoms with Gasteiger partial charge in [-0.3, -0.25) is 0 Å². The van der Waals surface area contributed by atoms with E-state index in [1.54, 1.807) is 25.1 Å². The third-order valence-electron chi connectivity index (χ3n) is 2.27. The molecule has 0 saturated carbocycles. The summed E-state index contributed by atoms with van der Waals surface area (Å²) in [5.74, 6) is -1.09. The molecule has 1 aromatic carbocycles. The number of carbonyl (C=O) groups is 1. The first-order chi connectivity index (χ1) is 8.52. The zero-order chi connectivity index (χ0) is 13.3. The number of benzene rings is 1. The van der Waals surface area contributed by atoms with Gasteiger partial charge in [0, 0.05) is 4.47 Å². The topological polar surface area (TPSA) is 91.8 Å². The first-order valence-corrected chi connectivity index (χ1v) is 5.69. The minimum atomic E-state index is -1.20. The van der Waals surface area contributed by atoms with Crippen LogP contribution in [0.15, 0.2) is 22.7 Å². The Balaban J connectivity index is 2.65. The van der Waals surface area contributed by atoms with Crippen molar-refractivity contribution in [1.82, 2.24) is 14.8 Å². The van der Waals surface area contributed by atoms with Crippen LogP contribution in [0.3, 0.4) is 0 Å². The van der Waals surface area contributed by atoms with Gasteiger partial charge in [0.25, 0.3) is 5.82 Å². The van der Waals surface area contributed by atoms with E-state index in [4.69, 9.17) is 10.4 Å². The van der Waals surface area contributed by atoms with Crippen molar-refractivity contribution in [2.45, 2.75) is 6.92 Å². The van der Waals surface area contributed by atoms with Gasteiger partial charge in [-0.2, -0.15) is 5.26 Å². The van der Waals surface area contributed by atoms with Crippen molar-refractivity contribution in [1.29, 1.82) is 5.26 Å². The molecule has 0 saturated heterocycles. The molecule has 2 aromatic rings. The molecular formula is C11H7BrN4O2. The van der Waals surface area contributed by atoms with Crippen molar-refractivity contribution in [3.05, 3.63) is 39.9 Å². The second-order valence-corrected chi connectivity index (χ2v) is 4.39. The lowest BCUT2D eigenvalue weighted by molar-refractivity contribution is 0.0683. The van der Waals surface area contributed by atoms with Gasteiger partial charge >= 0.3 is 5.97 Å². The fraction of sp³-hybridized carbons (Fsp3) is 0.0909. The standard InChI is InChI=1S/C11H7BrN4O2/c1-6-14-10(11(17)18)15-16(6)9-4-8(12)3-2-7(9)5-13/h2-4H,1H3,(H,17,18). The molecule has 0 aliphatic rings. The average molecular weight is 307 g/mol. The number of carboxylic acid groups (broad SMARTS) is 1. The minimum Gasteiger partial charge on any atom is -0.475 e. The highest BCUT2D eigenvalue weighted by molar-refractivity contribution is 9.10. The summed E-state index contributed by atoms with van der Waals surface area (Å²) in [4.78, 5) is 14.6. The molecule has 1 aromatic heterocycles. The second kappa shape index (κ2) is 4.58. The summed E-state index contributed by atoms with van der Waals surface area (Å²) >= 11 is 3.30. The van der Waals surface area contributed by atoms with Crippen LogP contribution in [0, 0.1) is 18.3 Å². The van der Waals surface area contributed by atoms with E-state index in [2.05, 4.69) is 26.0 Å². The Kier molecular flexibility index (Phi) is 3.12. The molecule has 0 aliphatic carbocycles. The lowest BCUT2D eigenvalue weighted by atomic mass is 10.2. The zero-order valence-electron chi connectivity index (χ0n) is 9.25. The Morgan fingerprint density at radius 2 is 2.28 bits per heavy atom. The molecule has 0 bridgehead atoms. The molecule has 18 heavy (non-hydrogen) atoms. The van der Waals surface area contributed by atoms with Crippen LogP contribution in [0.2, 0.25) is 0 Å². The Labute approximate surface area is 111 Å². The average Bonchev–Trinajstić information content (AvgIpc) is 2.71. The van der Waals surface area contributed by atoms with Crippen molar-refractivity contribution in [3.8, 4) is 11.8 Å². The van der Waals surface area contributed by atoms with Gasteiger partial charge in [0.2, 0.25) is 0 Å². The van der Waals surface area contributed by atoms with Gasteiger partial charge in [0.15, 0.2) is 0 Å². The summed E-state index contributed by atoms with van der Waals surface area (Å²) in [6.07, 6.45) is 0. The van der Waals surface area contributed by atoms with Gasteiger partial charge in [-0.25, -0.2) is 14.5 Å². The Hall–Kier alpha value is -2.20. The van der Waals surface area contributed by atoms with E-state index >= 15 is 0 Å². The lowest BCUT2D eigenvalue weighted by Gasteiger charge is -2.05. The number of hydrogen-bond donors (Lipinski definition) is 1. The van der Waals surface area contributed by atoms with Gasteiger partial charge in [-0.15, -0.1) is 5.10 Å². The van der Waals surface area contributed by atoms with Gasteiger partial charge in [0.05, 0.1) is 11.3 Å². The fourth-order valence-corrected chi connectivity index (χ4v) is 1.83.